The second-order valence-electron chi connectivity index (χ2n) is 5.94. The number of hydrogen-bond donors (Lipinski definition) is 1. The van der Waals surface area contributed by atoms with Crippen molar-refractivity contribution < 1.29 is 18.7 Å². The van der Waals surface area contributed by atoms with E-state index in [1.54, 1.807) is 31.2 Å². The minimum absolute atomic E-state index is 0.320. The van der Waals surface area contributed by atoms with E-state index in [1.807, 2.05) is 30.3 Å². The van der Waals surface area contributed by atoms with Gasteiger partial charge in [-0.3, -0.25) is 4.79 Å². The van der Waals surface area contributed by atoms with Gasteiger partial charge in [0.2, 0.25) is 0 Å². The number of carbonyl (C=O) groups is 2. The average Bonchev–Trinajstić information content (AvgIpc) is 2.66. The zero-order chi connectivity index (χ0) is 18.5. The van der Waals surface area contributed by atoms with E-state index in [0.29, 0.717) is 5.56 Å². The molecule has 5 heteroatoms. The maximum absolute atomic E-state index is 12.9. The quantitative estimate of drug-likeness (QED) is 0.707. The molecule has 1 atom stereocenters. The van der Waals surface area contributed by atoms with Crippen molar-refractivity contribution in [2.75, 3.05) is 6.61 Å². The highest BCUT2D eigenvalue weighted by Crippen LogP contribution is 2.19. The zero-order valence-electron chi connectivity index (χ0n) is 14.2. The molecule has 0 saturated heterocycles. The third kappa shape index (κ3) is 4.06. The predicted octanol–water partition coefficient (Wildman–Crippen LogP) is 4.01. The number of halogens is 1. The van der Waals surface area contributed by atoms with Crippen LogP contribution in [0.15, 0.2) is 66.7 Å². The largest absolute Gasteiger partial charge is 0.452 e. The monoisotopic (exact) mass is 351 g/mol. The number of esters is 1. The highest BCUT2D eigenvalue weighted by molar-refractivity contribution is 6.04. The van der Waals surface area contributed by atoms with Crippen molar-refractivity contribution in [3.05, 3.63) is 83.7 Å². The van der Waals surface area contributed by atoms with Crippen LogP contribution in [0, 0.1) is 5.82 Å². The third-order valence-corrected chi connectivity index (χ3v) is 4.09. The predicted molar refractivity (Wildman–Crippen MR) is 97.2 cm³/mol. The molecule has 0 heterocycles. The molecular weight excluding hydrogens is 333 g/mol. The summed E-state index contributed by atoms with van der Waals surface area (Å²) in [6.45, 7) is 1.39. The van der Waals surface area contributed by atoms with Gasteiger partial charge in [0.05, 0.1) is 11.6 Å². The van der Waals surface area contributed by atoms with E-state index >= 15 is 0 Å². The zero-order valence-corrected chi connectivity index (χ0v) is 14.2. The van der Waals surface area contributed by atoms with Crippen LogP contribution in [0.25, 0.3) is 10.8 Å². The summed E-state index contributed by atoms with van der Waals surface area (Å²) >= 11 is 0. The van der Waals surface area contributed by atoms with Crippen LogP contribution in [-0.2, 0) is 9.53 Å². The van der Waals surface area contributed by atoms with Gasteiger partial charge in [-0.25, -0.2) is 9.18 Å². The van der Waals surface area contributed by atoms with E-state index in [0.717, 1.165) is 16.3 Å². The molecule has 26 heavy (non-hydrogen) atoms. The van der Waals surface area contributed by atoms with E-state index < -0.39 is 11.9 Å². The van der Waals surface area contributed by atoms with Crippen molar-refractivity contribution in [1.29, 1.82) is 0 Å². The van der Waals surface area contributed by atoms with Gasteiger partial charge >= 0.3 is 5.97 Å². The lowest BCUT2D eigenvalue weighted by atomic mass is 10.1. The first-order valence-electron chi connectivity index (χ1n) is 8.24. The number of ether oxygens (including phenoxy) is 1. The molecule has 0 unspecified atom stereocenters. The number of rotatable bonds is 5. The minimum atomic E-state index is -0.550. The summed E-state index contributed by atoms with van der Waals surface area (Å²) in [4.78, 5) is 24.3. The van der Waals surface area contributed by atoms with E-state index in [-0.39, 0.29) is 18.5 Å². The van der Waals surface area contributed by atoms with Gasteiger partial charge in [0.15, 0.2) is 6.61 Å². The molecule has 0 saturated carbocycles. The number of nitrogens with one attached hydrogen (secondary N) is 1. The van der Waals surface area contributed by atoms with Crippen LogP contribution >= 0.6 is 0 Å². The molecule has 0 aliphatic heterocycles. The molecule has 0 spiro atoms. The minimum Gasteiger partial charge on any atom is -0.452 e. The van der Waals surface area contributed by atoms with Crippen molar-refractivity contribution in [3.63, 3.8) is 0 Å². The highest BCUT2D eigenvalue weighted by atomic mass is 19.1. The molecule has 1 N–H and O–H groups in total. The summed E-state index contributed by atoms with van der Waals surface area (Å²) in [5, 5.41) is 4.43. The van der Waals surface area contributed by atoms with E-state index in [2.05, 4.69) is 5.32 Å². The standard InChI is InChI=1S/C21H18FNO3/c1-14(15-9-11-17(22)12-10-15)23-20(24)13-26-21(25)19-8-4-6-16-5-2-3-7-18(16)19/h2-12,14H,13H2,1H3,(H,23,24)/t14-/m1/s1. The maximum atomic E-state index is 12.9. The molecule has 3 aromatic carbocycles. The van der Waals surface area contributed by atoms with Gasteiger partial charge in [-0.15, -0.1) is 0 Å². The second-order valence-corrected chi connectivity index (χ2v) is 5.94. The first kappa shape index (κ1) is 17.6. The van der Waals surface area contributed by atoms with Gasteiger partial charge in [-0.1, -0.05) is 48.5 Å². The van der Waals surface area contributed by atoms with Gasteiger partial charge in [0.1, 0.15) is 5.82 Å². The number of fused-ring (bicyclic) bond motifs is 1. The Morgan fingerprint density at radius 2 is 1.69 bits per heavy atom. The van der Waals surface area contributed by atoms with Gasteiger partial charge in [-0.05, 0) is 41.5 Å². The molecule has 132 valence electrons. The number of carbonyl (C=O) groups excluding carboxylic acids is 2. The number of hydrogen-bond acceptors (Lipinski definition) is 3. The van der Waals surface area contributed by atoms with E-state index in [1.165, 1.54) is 12.1 Å². The van der Waals surface area contributed by atoms with E-state index in [9.17, 15) is 14.0 Å². The molecule has 0 radical (unpaired) electrons. The lowest BCUT2D eigenvalue weighted by Crippen LogP contribution is -2.31. The Morgan fingerprint density at radius 3 is 2.46 bits per heavy atom. The number of benzene rings is 3. The number of amides is 1. The van der Waals surface area contributed by atoms with Gasteiger partial charge in [0, 0.05) is 0 Å². The smallest absolute Gasteiger partial charge is 0.339 e. The molecule has 3 rings (SSSR count). The fraction of sp³-hybridized carbons (Fsp3) is 0.143. The Kier molecular flexibility index (Phi) is 5.27. The van der Waals surface area contributed by atoms with Crippen molar-refractivity contribution >= 4 is 22.6 Å². The molecule has 0 aliphatic rings. The fourth-order valence-corrected chi connectivity index (χ4v) is 2.73. The van der Waals surface area contributed by atoms with Crippen molar-refractivity contribution in [2.24, 2.45) is 0 Å². The summed E-state index contributed by atoms with van der Waals surface area (Å²) in [6, 6.07) is 18.4. The Bertz CT molecular complexity index is 932. The molecule has 0 aromatic heterocycles. The van der Waals surface area contributed by atoms with Crippen LogP contribution in [0.5, 0.6) is 0 Å². The van der Waals surface area contributed by atoms with Gasteiger partial charge in [0.25, 0.3) is 5.91 Å². The SMILES string of the molecule is C[C@@H](NC(=O)COC(=O)c1cccc2ccccc12)c1ccc(F)cc1. The average molecular weight is 351 g/mol. The highest BCUT2D eigenvalue weighted by Gasteiger charge is 2.15. The Balaban J connectivity index is 1.60. The van der Waals surface area contributed by atoms with Crippen molar-refractivity contribution in [2.45, 2.75) is 13.0 Å². The Hall–Kier alpha value is -3.21. The van der Waals surface area contributed by atoms with Crippen LogP contribution in [0.3, 0.4) is 0 Å². The summed E-state index contributed by atoms with van der Waals surface area (Å²) in [5.41, 5.74) is 1.18. The summed E-state index contributed by atoms with van der Waals surface area (Å²) in [6.07, 6.45) is 0. The van der Waals surface area contributed by atoms with Crippen LogP contribution in [0.4, 0.5) is 4.39 Å². The van der Waals surface area contributed by atoms with Crippen molar-refractivity contribution in [1.82, 2.24) is 5.32 Å². The van der Waals surface area contributed by atoms with Gasteiger partial charge in [-0.2, -0.15) is 0 Å². The fourth-order valence-electron chi connectivity index (χ4n) is 2.73. The second kappa shape index (κ2) is 7.78. The van der Waals surface area contributed by atoms with E-state index in [4.69, 9.17) is 4.74 Å². The maximum Gasteiger partial charge on any atom is 0.339 e. The molecule has 0 fully saturated rings. The van der Waals surface area contributed by atoms with Crippen molar-refractivity contribution in [3.8, 4) is 0 Å². The van der Waals surface area contributed by atoms with Crippen LogP contribution in [0.1, 0.15) is 28.9 Å². The molecule has 4 nitrogen and oxygen atoms in total. The Labute approximate surface area is 150 Å². The molecule has 0 aliphatic carbocycles. The van der Waals surface area contributed by atoms with Crippen LogP contribution in [-0.4, -0.2) is 18.5 Å². The molecule has 0 bridgehead atoms. The molecular formula is C21H18FNO3. The third-order valence-electron chi connectivity index (χ3n) is 4.09. The molecule has 1 amide bonds. The first-order chi connectivity index (χ1) is 12.5. The summed E-state index contributed by atoms with van der Waals surface area (Å²) < 4.78 is 18.1. The molecule has 3 aromatic rings. The summed E-state index contributed by atoms with van der Waals surface area (Å²) in [7, 11) is 0. The van der Waals surface area contributed by atoms with Crippen LogP contribution in [0.2, 0.25) is 0 Å². The first-order valence-corrected chi connectivity index (χ1v) is 8.24. The lowest BCUT2D eigenvalue weighted by Gasteiger charge is -2.14. The van der Waals surface area contributed by atoms with Crippen LogP contribution < -0.4 is 5.32 Å². The normalized spacial score (nSPS) is 11.8. The topological polar surface area (TPSA) is 55.4 Å². The summed E-state index contributed by atoms with van der Waals surface area (Å²) in [5.74, 6) is -1.31. The Morgan fingerprint density at radius 1 is 1.00 bits per heavy atom. The van der Waals surface area contributed by atoms with Gasteiger partial charge < -0.3 is 10.1 Å². The lowest BCUT2D eigenvalue weighted by molar-refractivity contribution is -0.124.